The lowest BCUT2D eigenvalue weighted by molar-refractivity contribution is -0.135. The molecule has 1 aromatic carbocycles. The summed E-state index contributed by atoms with van der Waals surface area (Å²) < 4.78 is 5.56. The number of ether oxygens (including phenoxy) is 1. The van der Waals surface area contributed by atoms with E-state index in [1.807, 2.05) is 39.0 Å². The second kappa shape index (κ2) is 9.48. The van der Waals surface area contributed by atoms with Crippen molar-refractivity contribution in [3.05, 3.63) is 35.9 Å². The Morgan fingerprint density at radius 1 is 1.23 bits per heavy atom. The third-order valence-corrected chi connectivity index (χ3v) is 5.59. The predicted octanol–water partition coefficient (Wildman–Crippen LogP) is 2.71. The van der Waals surface area contributed by atoms with Crippen LogP contribution in [-0.2, 0) is 16.0 Å². The van der Waals surface area contributed by atoms with Crippen LogP contribution >= 0.6 is 0 Å². The second-order valence-corrected chi connectivity index (χ2v) is 9.09. The van der Waals surface area contributed by atoms with Gasteiger partial charge in [0.15, 0.2) is 0 Å². The molecule has 0 unspecified atom stereocenters. The second-order valence-electron chi connectivity index (χ2n) is 9.09. The van der Waals surface area contributed by atoms with Gasteiger partial charge in [0, 0.05) is 19.1 Å². The van der Waals surface area contributed by atoms with E-state index in [1.165, 1.54) is 5.56 Å². The van der Waals surface area contributed by atoms with E-state index in [9.17, 15) is 14.9 Å². The van der Waals surface area contributed by atoms with Gasteiger partial charge in [0.2, 0.25) is 5.91 Å². The number of benzene rings is 1. The van der Waals surface area contributed by atoms with Crippen molar-refractivity contribution in [2.45, 2.75) is 70.2 Å². The normalized spacial score (nSPS) is 24.0. The maximum atomic E-state index is 13.2. The van der Waals surface area contributed by atoms with E-state index in [1.54, 1.807) is 9.80 Å². The van der Waals surface area contributed by atoms with Gasteiger partial charge < -0.3 is 15.0 Å². The van der Waals surface area contributed by atoms with Crippen molar-refractivity contribution < 1.29 is 14.3 Å². The molecule has 2 fully saturated rings. The third kappa shape index (κ3) is 5.51. The van der Waals surface area contributed by atoms with E-state index in [0.717, 1.165) is 19.4 Å². The molecule has 30 heavy (non-hydrogen) atoms. The summed E-state index contributed by atoms with van der Waals surface area (Å²) in [6.45, 7) is 7.22. The first-order valence-corrected chi connectivity index (χ1v) is 10.8. The molecular formula is C23H32N4O3. The number of amides is 2. The molecule has 0 bridgehead atoms. The first-order chi connectivity index (χ1) is 14.3. The van der Waals surface area contributed by atoms with Crippen LogP contribution in [0.25, 0.3) is 0 Å². The fourth-order valence-corrected chi connectivity index (χ4v) is 4.16. The number of hydrogen-bond acceptors (Lipinski definition) is 5. The van der Waals surface area contributed by atoms with Gasteiger partial charge in [-0.15, -0.1) is 0 Å². The SMILES string of the molecule is CC(C)(C)OC(=O)N1C[C@@H](NCCc2ccccc2)C[C@H]1C(=O)N1CCC[C@H]1C#N. The van der Waals surface area contributed by atoms with Crippen LogP contribution in [0, 0.1) is 11.3 Å². The van der Waals surface area contributed by atoms with Crippen LogP contribution in [0.5, 0.6) is 0 Å². The molecule has 2 aliphatic heterocycles. The molecule has 162 valence electrons. The summed E-state index contributed by atoms with van der Waals surface area (Å²) >= 11 is 0. The molecule has 1 N–H and O–H groups in total. The summed E-state index contributed by atoms with van der Waals surface area (Å²) in [6, 6.07) is 11.4. The Hall–Kier alpha value is -2.59. The van der Waals surface area contributed by atoms with Crippen molar-refractivity contribution in [1.82, 2.24) is 15.1 Å². The Labute approximate surface area is 179 Å². The van der Waals surface area contributed by atoms with E-state index in [-0.39, 0.29) is 11.9 Å². The van der Waals surface area contributed by atoms with E-state index >= 15 is 0 Å². The van der Waals surface area contributed by atoms with Crippen molar-refractivity contribution in [3.8, 4) is 6.07 Å². The average molecular weight is 413 g/mol. The van der Waals surface area contributed by atoms with Crippen molar-refractivity contribution in [2.75, 3.05) is 19.6 Å². The molecule has 7 heteroatoms. The summed E-state index contributed by atoms with van der Waals surface area (Å²) in [7, 11) is 0. The van der Waals surface area contributed by atoms with Crippen LogP contribution in [0.15, 0.2) is 30.3 Å². The summed E-state index contributed by atoms with van der Waals surface area (Å²) in [6.07, 6.45) is 2.45. The molecule has 3 atom stereocenters. The first kappa shape index (κ1) is 22.1. The van der Waals surface area contributed by atoms with Crippen LogP contribution in [0.3, 0.4) is 0 Å². The zero-order valence-electron chi connectivity index (χ0n) is 18.1. The molecule has 2 amide bonds. The molecule has 0 aliphatic carbocycles. The number of carbonyl (C=O) groups is 2. The van der Waals surface area contributed by atoms with Crippen LogP contribution < -0.4 is 5.32 Å². The van der Waals surface area contributed by atoms with Gasteiger partial charge in [0.25, 0.3) is 0 Å². The van der Waals surface area contributed by atoms with Crippen molar-refractivity contribution >= 4 is 12.0 Å². The predicted molar refractivity (Wildman–Crippen MR) is 114 cm³/mol. The van der Waals surface area contributed by atoms with Gasteiger partial charge in [0.1, 0.15) is 17.7 Å². The standard InChI is InChI=1S/C23H32N4O3/c1-23(2,3)30-22(29)27-16-18(25-12-11-17-8-5-4-6-9-17)14-20(27)21(28)26-13-7-10-19(26)15-24/h4-6,8-9,18-20,25H,7,10-14,16H2,1-3H3/t18-,19-,20-/m0/s1. The van der Waals surface area contributed by atoms with Gasteiger partial charge in [-0.3, -0.25) is 9.69 Å². The van der Waals surface area contributed by atoms with Crippen LogP contribution in [0.1, 0.15) is 45.6 Å². The number of carbonyl (C=O) groups excluding carboxylic acids is 2. The average Bonchev–Trinajstić information content (AvgIpc) is 3.34. The smallest absolute Gasteiger partial charge is 0.411 e. The van der Waals surface area contributed by atoms with Crippen LogP contribution in [0.4, 0.5) is 4.79 Å². The Kier molecular flexibility index (Phi) is 6.99. The summed E-state index contributed by atoms with van der Waals surface area (Å²) in [5, 5.41) is 12.9. The summed E-state index contributed by atoms with van der Waals surface area (Å²) in [4.78, 5) is 29.2. The van der Waals surface area contributed by atoms with E-state index < -0.39 is 23.8 Å². The van der Waals surface area contributed by atoms with Gasteiger partial charge in [0.05, 0.1) is 6.07 Å². The lowest BCUT2D eigenvalue weighted by atomic mass is 10.1. The number of nitriles is 1. The minimum atomic E-state index is -0.633. The highest BCUT2D eigenvalue weighted by atomic mass is 16.6. The number of rotatable bonds is 5. The molecule has 2 heterocycles. The molecule has 2 saturated heterocycles. The van der Waals surface area contributed by atoms with Crippen LogP contribution in [-0.4, -0.2) is 65.2 Å². The molecule has 0 saturated carbocycles. The zero-order chi connectivity index (χ0) is 21.7. The highest BCUT2D eigenvalue weighted by Crippen LogP contribution is 2.26. The minimum Gasteiger partial charge on any atom is -0.444 e. The molecular weight excluding hydrogens is 380 g/mol. The summed E-state index contributed by atoms with van der Waals surface area (Å²) in [5.41, 5.74) is 0.611. The molecule has 0 radical (unpaired) electrons. The minimum absolute atomic E-state index is 0.0123. The number of likely N-dealkylation sites (tertiary alicyclic amines) is 2. The van der Waals surface area contributed by atoms with E-state index in [0.29, 0.717) is 25.9 Å². The van der Waals surface area contributed by atoms with Gasteiger partial charge in [-0.1, -0.05) is 30.3 Å². The third-order valence-electron chi connectivity index (χ3n) is 5.59. The largest absolute Gasteiger partial charge is 0.444 e. The maximum Gasteiger partial charge on any atom is 0.411 e. The topological polar surface area (TPSA) is 85.7 Å². The molecule has 0 spiro atoms. The Bertz CT molecular complexity index is 784. The molecule has 7 nitrogen and oxygen atoms in total. The zero-order valence-corrected chi connectivity index (χ0v) is 18.1. The van der Waals surface area contributed by atoms with Gasteiger partial charge in [-0.05, 0) is 58.6 Å². The molecule has 1 aromatic rings. The summed E-state index contributed by atoms with van der Waals surface area (Å²) in [5.74, 6) is -0.141. The lowest BCUT2D eigenvalue weighted by Crippen LogP contribution is -2.50. The van der Waals surface area contributed by atoms with Crippen molar-refractivity contribution in [2.24, 2.45) is 0 Å². The quantitative estimate of drug-likeness (QED) is 0.804. The van der Waals surface area contributed by atoms with Gasteiger partial charge in [-0.2, -0.15) is 5.26 Å². The molecule has 3 rings (SSSR count). The monoisotopic (exact) mass is 412 g/mol. The van der Waals surface area contributed by atoms with E-state index in [4.69, 9.17) is 4.74 Å². The highest BCUT2D eigenvalue weighted by molar-refractivity contribution is 5.87. The number of nitrogens with zero attached hydrogens (tertiary/aromatic N) is 3. The Morgan fingerprint density at radius 2 is 1.97 bits per heavy atom. The van der Waals surface area contributed by atoms with E-state index in [2.05, 4.69) is 23.5 Å². The van der Waals surface area contributed by atoms with Gasteiger partial charge >= 0.3 is 6.09 Å². The van der Waals surface area contributed by atoms with Crippen LogP contribution in [0.2, 0.25) is 0 Å². The number of nitrogens with one attached hydrogen (secondary N) is 1. The highest BCUT2D eigenvalue weighted by Gasteiger charge is 2.44. The fraction of sp³-hybridized carbons (Fsp3) is 0.609. The maximum absolute atomic E-state index is 13.2. The molecule has 2 aliphatic rings. The molecule has 0 aromatic heterocycles. The van der Waals surface area contributed by atoms with Gasteiger partial charge in [-0.25, -0.2) is 4.79 Å². The lowest BCUT2D eigenvalue weighted by Gasteiger charge is -2.30. The van der Waals surface area contributed by atoms with Crippen molar-refractivity contribution in [3.63, 3.8) is 0 Å². The van der Waals surface area contributed by atoms with Crippen molar-refractivity contribution in [1.29, 1.82) is 5.26 Å². The first-order valence-electron chi connectivity index (χ1n) is 10.8. The fourth-order valence-electron chi connectivity index (χ4n) is 4.16. The number of hydrogen-bond donors (Lipinski definition) is 1. The Morgan fingerprint density at radius 3 is 2.63 bits per heavy atom. The Balaban J connectivity index is 1.66.